The molecule has 0 aromatic heterocycles. The highest BCUT2D eigenvalue weighted by molar-refractivity contribution is 7.46. The Labute approximate surface area is 37.6 Å². The molecule has 0 radical (unpaired) electrons. The number of hydrogen-bond donors (Lipinski definition) is 1. The minimum atomic E-state index is 0.449. The van der Waals surface area contributed by atoms with E-state index in [0.29, 0.717) is 8.88 Å². The Hall–Kier alpha value is 0.920. The van der Waals surface area contributed by atoms with Gasteiger partial charge in [-0.3, -0.25) is 4.86 Å². The summed E-state index contributed by atoms with van der Waals surface area (Å²) in [4.78, 5) is 2.75. The summed E-state index contributed by atoms with van der Waals surface area (Å²) in [6, 6.07) is 0. The van der Waals surface area contributed by atoms with E-state index < -0.39 is 0 Å². The first kappa shape index (κ1) is 5.92. The van der Waals surface area contributed by atoms with Crippen molar-refractivity contribution >= 4 is 27.3 Å². The lowest BCUT2D eigenvalue weighted by atomic mass is 13.8. The van der Waals surface area contributed by atoms with Gasteiger partial charge in [-0.1, -0.05) is 9.39 Å². The molecule has 0 fully saturated rings. The van der Waals surface area contributed by atoms with Crippen LogP contribution < -0.4 is 4.86 Å². The molecular formula is H5N2P3. The van der Waals surface area contributed by atoms with Crippen molar-refractivity contribution in [2.24, 2.45) is 4.52 Å². The topological polar surface area (TPSA) is 24.4 Å². The van der Waals surface area contributed by atoms with Gasteiger partial charge in [0.2, 0.25) is 0 Å². The standard InChI is InChI=1S/H5N2P3/c3-1-5-2-4/h1,4-5H,3H2. The fraction of sp³-hybridized carbons (Fsp3) is 0. The normalized spacial score (nSPS) is 9.80. The summed E-state index contributed by atoms with van der Waals surface area (Å²) in [5.41, 5.74) is 0. The molecule has 0 aliphatic rings. The minimum Gasteiger partial charge on any atom is -0.263 e. The second-order valence-corrected chi connectivity index (χ2v) is 2.64. The first-order valence-electron chi connectivity index (χ1n) is 0.986. The third kappa shape index (κ3) is 4.92. The van der Waals surface area contributed by atoms with Gasteiger partial charge in [0.15, 0.2) is 0 Å². The maximum atomic E-state index is 3.56. The molecule has 0 heterocycles. The Bertz CT molecular complexity index is 26.1. The van der Waals surface area contributed by atoms with Crippen LogP contribution in [0.4, 0.5) is 0 Å². The lowest BCUT2D eigenvalue weighted by Crippen LogP contribution is -1.64. The second kappa shape index (κ2) is 4.92. The molecule has 2 nitrogen and oxygen atoms in total. The van der Waals surface area contributed by atoms with Crippen LogP contribution in [0, 0.1) is 0 Å². The van der Waals surface area contributed by atoms with E-state index in [9.17, 15) is 0 Å². The Kier molecular flexibility index (Phi) is 5.83. The van der Waals surface area contributed by atoms with Gasteiger partial charge in [-0.15, -0.1) is 0 Å². The minimum absolute atomic E-state index is 0.449. The van der Waals surface area contributed by atoms with Crippen molar-refractivity contribution in [3.05, 3.63) is 0 Å². The highest BCUT2D eigenvalue weighted by atomic mass is 31.1. The van der Waals surface area contributed by atoms with E-state index in [4.69, 9.17) is 0 Å². The summed E-state index contributed by atoms with van der Waals surface area (Å²) in [6.07, 6.45) is 0. The van der Waals surface area contributed by atoms with E-state index in [2.05, 4.69) is 27.8 Å². The van der Waals surface area contributed by atoms with Crippen LogP contribution in [-0.4, -0.2) is 0 Å². The van der Waals surface area contributed by atoms with E-state index in [1.54, 1.807) is 0 Å². The van der Waals surface area contributed by atoms with Crippen molar-refractivity contribution in [3.8, 4) is 0 Å². The summed E-state index contributed by atoms with van der Waals surface area (Å²) >= 11 is 0. The van der Waals surface area contributed by atoms with E-state index >= 15 is 0 Å². The molecule has 0 amide bonds. The Morgan fingerprint density at radius 1 is 2.00 bits per heavy atom. The highest BCUT2D eigenvalue weighted by Gasteiger charge is 1.57. The average molecular weight is 126 g/mol. The molecule has 0 aromatic rings. The fourth-order valence-electron chi connectivity index (χ4n) is 0.0323. The summed E-state index contributed by atoms with van der Waals surface area (Å²) in [5, 5.41) is 0. The van der Waals surface area contributed by atoms with Gasteiger partial charge < -0.3 is 0 Å². The first-order chi connectivity index (χ1) is 2.41. The lowest BCUT2D eigenvalue weighted by Gasteiger charge is -1.78. The Balaban J connectivity index is 2.40. The molecule has 0 saturated heterocycles. The highest BCUT2D eigenvalue weighted by Crippen LogP contribution is 2.06. The Morgan fingerprint density at radius 2 is 2.60 bits per heavy atom. The van der Waals surface area contributed by atoms with Gasteiger partial charge in [-0.25, -0.2) is 4.52 Å². The van der Waals surface area contributed by atoms with Crippen LogP contribution >= 0.6 is 27.3 Å². The zero-order chi connectivity index (χ0) is 4.12. The van der Waals surface area contributed by atoms with Crippen LogP contribution in [0.1, 0.15) is 0 Å². The predicted octanol–water partition coefficient (Wildman–Crippen LogP) is 1.20. The largest absolute Gasteiger partial charge is 0.263 e. The quantitative estimate of drug-likeness (QED) is 0.552. The maximum absolute atomic E-state index is 3.56. The van der Waals surface area contributed by atoms with E-state index in [-0.39, 0.29) is 0 Å². The molecule has 1 N–H and O–H groups in total. The van der Waals surface area contributed by atoms with E-state index in [0.717, 1.165) is 0 Å². The van der Waals surface area contributed by atoms with Crippen LogP contribution in [0.2, 0.25) is 0 Å². The van der Waals surface area contributed by atoms with E-state index in [1.165, 1.54) is 0 Å². The average Bonchev–Trinajstić information content (AvgIpc) is 1.41. The molecular weight excluding hydrogens is 121 g/mol. The summed E-state index contributed by atoms with van der Waals surface area (Å²) in [5.74, 6) is 0. The number of nitrogens with one attached hydrogen (secondary N) is 1. The number of rotatable bonds is 2. The molecule has 2 unspecified atom stereocenters. The van der Waals surface area contributed by atoms with Crippen molar-refractivity contribution in [1.82, 2.24) is 4.86 Å². The molecule has 2 atom stereocenters. The van der Waals surface area contributed by atoms with Gasteiger partial charge in [0.25, 0.3) is 0 Å². The molecule has 0 rings (SSSR count). The van der Waals surface area contributed by atoms with Crippen molar-refractivity contribution < 1.29 is 0 Å². The van der Waals surface area contributed by atoms with Gasteiger partial charge in [-0.2, -0.15) is 0 Å². The zero-order valence-corrected chi connectivity index (χ0v) is 5.68. The zero-order valence-electron chi connectivity index (χ0n) is 2.52. The van der Waals surface area contributed by atoms with Crippen LogP contribution in [0.15, 0.2) is 4.52 Å². The van der Waals surface area contributed by atoms with Gasteiger partial charge in [0.05, 0.1) is 8.88 Å². The van der Waals surface area contributed by atoms with Gasteiger partial charge >= 0.3 is 0 Å². The van der Waals surface area contributed by atoms with Gasteiger partial charge in [0.1, 0.15) is 0 Å². The first-order valence-corrected chi connectivity index (χ1v) is 2.96. The SMILES string of the molecule is P=NPNP. The number of nitrogens with zero attached hydrogens (tertiary/aromatic N) is 1. The fourth-order valence-corrected chi connectivity index (χ4v) is 0.871. The number of hydrogen-bond acceptors (Lipinski definition) is 2. The van der Waals surface area contributed by atoms with Crippen molar-refractivity contribution in [3.63, 3.8) is 0 Å². The van der Waals surface area contributed by atoms with Crippen LogP contribution in [0.5, 0.6) is 0 Å². The molecule has 0 saturated carbocycles. The Morgan fingerprint density at radius 3 is 2.60 bits per heavy atom. The summed E-state index contributed by atoms with van der Waals surface area (Å²) in [6.45, 7) is 0. The maximum Gasteiger partial charge on any atom is 0.0795 e. The van der Waals surface area contributed by atoms with Crippen LogP contribution in [-0.2, 0) is 0 Å². The molecule has 0 spiro atoms. The van der Waals surface area contributed by atoms with Gasteiger partial charge in [-0.05, 0) is 9.03 Å². The van der Waals surface area contributed by atoms with Crippen molar-refractivity contribution in [2.45, 2.75) is 0 Å². The lowest BCUT2D eigenvalue weighted by molar-refractivity contribution is 1.71. The molecule has 0 aliphatic heterocycles. The molecule has 0 aromatic carbocycles. The van der Waals surface area contributed by atoms with Crippen molar-refractivity contribution in [1.29, 1.82) is 0 Å². The molecule has 5 heavy (non-hydrogen) atoms. The smallest absolute Gasteiger partial charge is 0.0795 e. The second-order valence-electron chi connectivity index (χ2n) is 0.368. The van der Waals surface area contributed by atoms with Crippen molar-refractivity contribution in [2.75, 3.05) is 0 Å². The van der Waals surface area contributed by atoms with Gasteiger partial charge in [0, 0.05) is 0 Å². The van der Waals surface area contributed by atoms with E-state index in [1.807, 2.05) is 0 Å². The summed E-state index contributed by atoms with van der Waals surface area (Å²) in [7, 11) is 5.70. The van der Waals surface area contributed by atoms with Crippen LogP contribution in [0.25, 0.3) is 0 Å². The monoisotopic (exact) mass is 126 g/mol. The van der Waals surface area contributed by atoms with Crippen LogP contribution in [0.3, 0.4) is 0 Å². The predicted molar refractivity (Wildman–Crippen MR) is 31.9 cm³/mol. The third-order valence-corrected chi connectivity index (χ3v) is 1.08. The molecule has 30 valence electrons. The molecule has 0 aliphatic carbocycles. The molecule has 5 heteroatoms. The third-order valence-electron chi connectivity index (χ3n) is 0.120. The summed E-state index contributed by atoms with van der Waals surface area (Å²) < 4.78 is 3.56. The molecule has 0 bridgehead atoms.